The third-order valence-corrected chi connectivity index (χ3v) is 9.13. The van der Waals surface area contributed by atoms with Crippen LogP contribution >= 0.6 is 0 Å². The number of carbonyl (C=O) groups excluding carboxylic acids is 1. The van der Waals surface area contributed by atoms with Gasteiger partial charge in [-0.25, -0.2) is 8.42 Å². The summed E-state index contributed by atoms with van der Waals surface area (Å²) in [5, 5.41) is 2.43. The molecule has 0 aliphatic carbocycles. The number of aromatic nitrogens is 1. The maximum atomic E-state index is 13.9. The van der Waals surface area contributed by atoms with Crippen molar-refractivity contribution >= 4 is 26.0 Å². The van der Waals surface area contributed by atoms with Crippen LogP contribution in [0.1, 0.15) is 42.5 Å². The highest BCUT2D eigenvalue weighted by Gasteiger charge is 2.31. The molecule has 2 aromatic carbocycles. The minimum Gasteiger partial charge on any atom is -0.355 e. The average Bonchev–Trinajstić information content (AvgIpc) is 2.86. The second-order valence-corrected chi connectivity index (χ2v) is 12.5. The van der Waals surface area contributed by atoms with Crippen LogP contribution in [-0.2, 0) is 24.9 Å². The van der Waals surface area contributed by atoms with Gasteiger partial charge < -0.3 is 5.32 Å². The van der Waals surface area contributed by atoms with Gasteiger partial charge in [-0.1, -0.05) is 36.4 Å². The molecule has 0 spiro atoms. The second kappa shape index (κ2) is 12.6. The smallest absolute Gasteiger partial charge is 0.266 e. The van der Waals surface area contributed by atoms with E-state index in [0.29, 0.717) is 5.56 Å². The van der Waals surface area contributed by atoms with Crippen molar-refractivity contribution < 1.29 is 26.2 Å². The maximum Gasteiger partial charge on any atom is 0.266 e. The molecule has 204 valence electrons. The number of nitrogens with zero attached hydrogens (tertiary/aromatic N) is 2. The van der Waals surface area contributed by atoms with E-state index in [0.717, 1.165) is 22.3 Å². The number of sulfonamides is 1. The fraction of sp³-hybridized carbons (Fsp3) is 0.333. The summed E-state index contributed by atoms with van der Waals surface area (Å²) < 4.78 is 59.7. The Hall–Kier alpha value is -3.12. The molecular weight excluding hydrogens is 526 g/mol. The Balaban J connectivity index is 1.87. The zero-order chi connectivity index (χ0) is 27.9. The molecule has 0 bridgehead atoms. The number of nitrogens with one attached hydrogen (secondary N) is 1. The molecule has 0 saturated carbocycles. The van der Waals surface area contributed by atoms with Gasteiger partial charge in [0.15, 0.2) is 0 Å². The number of hydrogen-bond donors (Lipinski definition) is 2. The molecule has 3 aromatic rings. The molecule has 9 nitrogen and oxygen atoms in total. The molecule has 1 aromatic heterocycles. The highest BCUT2D eigenvalue weighted by Crippen LogP contribution is 2.32. The van der Waals surface area contributed by atoms with Crippen molar-refractivity contribution in [2.75, 3.05) is 18.8 Å². The molecule has 1 heterocycles. The van der Waals surface area contributed by atoms with E-state index in [2.05, 4.69) is 10.3 Å². The lowest BCUT2D eigenvalue weighted by molar-refractivity contribution is -0.121. The number of benzene rings is 2. The third-order valence-electron chi connectivity index (χ3n) is 6.28. The van der Waals surface area contributed by atoms with Crippen molar-refractivity contribution in [1.29, 1.82) is 0 Å². The summed E-state index contributed by atoms with van der Waals surface area (Å²) in [4.78, 5) is 16.5. The summed E-state index contributed by atoms with van der Waals surface area (Å²) in [6.07, 6.45) is 3.71. The largest absolute Gasteiger partial charge is 0.355 e. The van der Waals surface area contributed by atoms with Crippen LogP contribution < -0.4 is 5.32 Å². The van der Waals surface area contributed by atoms with Gasteiger partial charge >= 0.3 is 0 Å². The zero-order valence-electron chi connectivity index (χ0n) is 21.7. The molecule has 0 radical (unpaired) electrons. The number of rotatable bonds is 12. The highest BCUT2D eigenvalue weighted by molar-refractivity contribution is 7.89. The Labute approximate surface area is 224 Å². The molecule has 11 heteroatoms. The monoisotopic (exact) mass is 559 g/mol. The van der Waals surface area contributed by atoms with E-state index in [9.17, 15) is 21.6 Å². The summed E-state index contributed by atoms with van der Waals surface area (Å²) in [7, 11) is -8.10. The fourth-order valence-corrected chi connectivity index (χ4v) is 6.47. The molecule has 1 atom stereocenters. The van der Waals surface area contributed by atoms with E-state index in [4.69, 9.17) is 4.55 Å². The van der Waals surface area contributed by atoms with Crippen LogP contribution in [0.5, 0.6) is 0 Å². The topological polar surface area (TPSA) is 134 Å². The van der Waals surface area contributed by atoms with Gasteiger partial charge in [-0.3, -0.25) is 14.3 Å². The summed E-state index contributed by atoms with van der Waals surface area (Å²) >= 11 is 0. The van der Waals surface area contributed by atoms with Gasteiger partial charge in [0.05, 0.1) is 10.6 Å². The van der Waals surface area contributed by atoms with Crippen LogP contribution in [0.4, 0.5) is 0 Å². The van der Waals surface area contributed by atoms with Gasteiger partial charge in [-0.15, -0.1) is 0 Å². The molecule has 38 heavy (non-hydrogen) atoms. The Kier molecular flexibility index (Phi) is 9.77. The van der Waals surface area contributed by atoms with Gasteiger partial charge in [-0.05, 0) is 73.2 Å². The van der Waals surface area contributed by atoms with Crippen molar-refractivity contribution in [3.8, 4) is 11.1 Å². The van der Waals surface area contributed by atoms with E-state index in [1.54, 1.807) is 43.6 Å². The van der Waals surface area contributed by atoms with Gasteiger partial charge in [0.1, 0.15) is 0 Å². The van der Waals surface area contributed by atoms with Crippen LogP contribution in [0.3, 0.4) is 0 Å². The molecule has 3 rings (SSSR count). The van der Waals surface area contributed by atoms with Crippen molar-refractivity contribution in [2.45, 2.75) is 44.6 Å². The summed E-state index contributed by atoms with van der Waals surface area (Å²) in [5.41, 5.74) is 4.37. The lowest BCUT2D eigenvalue weighted by Crippen LogP contribution is -2.36. The first kappa shape index (κ1) is 29.4. The van der Waals surface area contributed by atoms with Crippen molar-refractivity contribution in [1.82, 2.24) is 14.6 Å². The number of amides is 1. The Morgan fingerprint density at radius 2 is 1.76 bits per heavy atom. The predicted molar refractivity (Wildman–Crippen MR) is 147 cm³/mol. The van der Waals surface area contributed by atoms with E-state index < -0.39 is 37.8 Å². The predicted octanol–water partition coefficient (Wildman–Crippen LogP) is 3.90. The first-order valence-electron chi connectivity index (χ1n) is 12.2. The lowest BCUT2D eigenvalue weighted by Gasteiger charge is -2.29. The third kappa shape index (κ3) is 7.70. The quantitative estimate of drug-likeness (QED) is 0.322. The first-order valence-corrected chi connectivity index (χ1v) is 15.3. The fourth-order valence-electron chi connectivity index (χ4n) is 4.23. The number of pyridine rings is 1. The van der Waals surface area contributed by atoms with Crippen molar-refractivity contribution in [3.63, 3.8) is 0 Å². The molecular formula is C27H33N3O6S2. The molecule has 0 unspecified atom stereocenters. The van der Waals surface area contributed by atoms with Crippen LogP contribution in [0.25, 0.3) is 11.1 Å². The van der Waals surface area contributed by atoms with Gasteiger partial charge in [0.2, 0.25) is 15.9 Å². The maximum absolute atomic E-state index is 13.9. The Morgan fingerprint density at radius 1 is 1.03 bits per heavy atom. The second-order valence-electron chi connectivity index (χ2n) is 9.11. The van der Waals surface area contributed by atoms with E-state index >= 15 is 0 Å². The molecule has 0 fully saturated rings. The molecule has 1 amide bonds. The Bertz CT molecular complexity index is 1490. The molecule has 0 aliphatic rings. The van der Waals surface area contributed by atoms with Crippen LogP contribution in [-0.4, -0.2) is 55.4 Å². The summed E-state index contributed by atoms with van der Waals surface area (Å²) in [5.74, 6) is -1.01. The average molecular weight is 560 g/mol. The van der Waals surface area contributed by atoms with E-state index in [-0.39, 0.29) is 30.8 Å². The van der Waals surface area contributed by atoms with E-state index in [1.165, 1.54) is 4.31 Å². The van der Waals surface area contributed by atoms with Crippen LogP contribution in [0.15, 0.2) is 71.9 Å². The highest BCUT2D eigenvalue weighted by atomic mass is 32.2. The number of aryl methyl sites for hydroxylation is 2. The van der Waals surface area contributed by atoms with Crippen LogP contribution in [0.2, 0.25) is 0 Å². The number of hydrogen-bond acceptors (Lipinski definition) is 6. The minimum absolute atomic E-state index is 0.00572. The molecule has 2 N–H and O–H groups in total. The van der Waals surface area contributed by atoms with Gasteiger partial charge in [0, 0.05) is 37.9 Å². The SMILES string of the molecule is Cc1cnccc1-c1cccc([C@H](C)N(CCCC(=O)NCCS(=O)(=O)O)S(=O)(=O)c2ccccc2C)c1. The number of carbonyl (C=O) groups is 1. The zero-order valence-corrected chi connectivity index (χ0v) is 23.3. The first-order chi connectivity index (χ1) is 17.9. The van der Waals surface area contributed by atoms with E-state index in [1.807, 2.05) is 44.2 Å². The molecule has 0 aliphatic heterocycles. The van der Waals surface area contributed by atoms with Gasteiger partial charge in [0.25, 0.3) is 10.1 Å². The summed E-state index contributed by atoms with van der Waals surface area (Å²) in [6.45, 7) is 5.38. The molecule has 0 saturated heterocycles. The van der Waals surface area contributed by atoms with Crippen molar-refractivity contribution in [2.24, 2.45) is 0 Å². The standard InChI is InChI=1S/C27H33N3O6S2/c1-20-8-4-5-11-26(20)38(35,36)30(16-7-12-27(31)29-15-17-37(32,33)34)22(3)23-9-6-10-24(18-23)25-13-14-28-19-21(25)2/h4-6,8-11,13-14,18-19,22H,7,12,15-17H2,1-3H3,(H,29,31)(H,32,33,34)/t22-/m0/s1. The van der Waals surface area contributed by atoms with Crippen molar-refractivity contribution in [3.05, 3.63) is 83.7 Å². The van der Waals surface area contributed by atoms with Gasteiger partial charge in [-0.2, -0.15) is 12.7 Å². The minimum atomic E-state index is -4.18. The lowest BCUT2D eigenvalue weighted by atomic mass is 9.98. The Morgan fingerprint density at radius 3 is 2.45 bits per heavy atom. The van der Waals surface area contributed by atoms with Crippen LogP contribution in [0, 0.1) is 13.8 Å². The summed E-state index contributed by atoms with van der Waals surface area (Å²) in [6, 6.07) is 15.9. The normalized spacial score (nSPS) is 12.9.